The molecular formula is C15H21ClN6O2. The Balaban J connectivity index is 1.88. The molecule has 0 unspecified atom stereocenters. The van der Waals surface area contributed by atoms with Crippen molar-refractivity contribution in [2.45, 2.75) is 25.8 Å². The van der Waals surface area contributed by atoms with Crippen molar-refractivity contribution < 1.29 is 9.90 Å². The fraction of sp³-hybridized carbons (Fsp3) is 0.600. The van der Waals surface area contributed by atoms with Crippen molar-refractivity contribution in [2.24, 2.45) is 13.0 Å². The predicted octanol–water partition coefficient (Wildman–Crippen LogP) is 1.30. The maximum absolute atomic E-state index is 11.1. The molecule has 2 aromatic rings. The Bertz CT molecular complexity index is 713. The number of aliphatic carboxylic acids is 1. The number of aryl methyl sites for hydroxylation is 1. The molecule has 0 atom stereocenters. The zero-order valence-electron chi connectivity index (χ0n) is 13.8. The minimum absolute atomic E-state index is 0.253. The van der Waals surface area contributed by atoms with E-state index in [9.17, 15) is 4.79 Å². The third-order valence-electron chi connectivity index (χ3n) is 4.42. The number of carboxylic acids is 1. The molecular weight excluding hydrogens is 332 g/mol. The van der Waals surface area contributed by atoms with Gasteiger partial charge in [-0.2, -0.15) is 10.2 Å². The third-order valence-corrected chi connectivity index (χ3v) is 4.69. The van der Waals surface area contributed by atoms with Crippen molar-refractivity contribution in [2.75, 3.05) is 20.1 Å². The average Bonchev–Trinajstić information content (AvgIpc) is 3.04. The lowest BCUT2D eigenvalue weighted by Gasteiger charge is -2.28. The molecule has 3 heterocycles. The van der Waals surface area contributed by atoms with Crippen LogP contribution >= 0.6 is 11.6 Å². The fourth-order valence-electron chi connectivity index (χ4n) is 3.08. The van der Waals surface area contributed by atoms with Crippen molar-refractivity contribution in [3.63, 3.8) is 0 Å². The number of carboxylic acid groups (broad SMARTS) is 1. The van der Waals surface area contributed by atoms with E-state index in [1.165, 1.54) is 10.9 Å². The highest BCUT2D eigenvalue weighted by Crippen LogP contribution is 2.27. The standard InChI is InChI=1S/C15H21ClN6O2/c1-20-5-3-10(4-6-20)7-12-18-15(22(19-12)9-13(23)24)14-11(16)8-17-21(14)2/h8,10H,3-7,9H2,1-2H3,(H,23,24). The summed E-state index contributed by atoms with van der Waals surface area (Å²) in [6, 6.07) is 0. The molecule has 0 radical (unpaired) electrons. The molecule has 2 aromatic heterocycles. The molecule has 1 aliphatic heterocycles. The second-order valence-electron chi connectivity index (χ2n) is 6.32. The Kier molecular flexibility index (Phi) is 4.86. The molecule has 0 spiro atoms. The van der Waals surface area contributed by atoms with Crippen molar-refractivity contribution >= 4 is 17.6 Å². The zero-order valence-corrected chi connectivity index (χ0v) is 14.6. The van der Waals surface area contributed by atoms with Gasteiger partial charge in [0.05, 0.1) is 11.2 Å². The van der Waals surface area contributed by atoms with Crippen LogP contribution in [0.5, 0.6) is 0 Å². The second kappa shape index (κ2) is 6.90. The summed E-state index contributed by atoms with van der Waals surface area (Å²) in [5, 5.41) is 18.1. The number of aromatic nitrogens is 5. The van der Waals surface area contributed by atoms with Gasteiger partial charge in [-0.15, -0.1) is 0 Å². The van der Waals surface area contributed by atoms with E-state index in [0.29, 0.717) is 28.3 Å². The molecule has 3 rings (SSSR count). The third kappa shape index (κ3) is 3.59. The Morgan fingerprint density at radius 1 is 1.38 bits per heavy atom. The SMILES string of the molecule is CN1CCC(Cc2nc(-c3c(Cl)cnn3C)n(CC(=O)O)n2)CC1. The van der Waals surface area contributed by atoms with Crippen LogP contribution in [0.2, 0.25) is 5.02 Å². The molecule has 1 saturated heterocycles. The van der Waals surface area contributed by atoms with Crippen LogP contribution in [-0.4, -0.2) is 60.7 Å². The van der Waals surface area contributed by atoms with Crippen LogP contribution in [0.3, 0.4) is 0 Å². The van der Waals surface area contributed by atoms with Gasteiger partial charge < -0.3 is 10.0 Å². The summed E-state index contributed by atoms with van der Waals surface area (Å²) in [6.45, 7) is 1.89. The highest BCUT2D eigenvalue weighted by atomic mass is 35.5. The van der Waals surface area contributed by atoms with Crippen molar-refractivity contribution in [1.82, 2.24) is 29.4 Å². The molecule has 1 aliphatic rings. The van der Waals surface area contributed by atoms with Gasteiger partial charge in [0, 0.05) is 13.5 Å². The smallest absolute Gasteiger partial charge is 0.325 e. The average molecular weight is 353 g/mol. The highest BCUT2D eigenvalue weighted by Gasteiger charge is 2.23. The minimum atomic E-state index is -0.967. The maximum Gasteiger partial charge on any atom is 0.325 e. The molecule has 24 heavy (non-hydrogen) atoms. The summed E-state index contributed by atoms with van der Waals surface area (Å²) < 4.78 is 2.99. The molecule has 0 aliphatic carbocycles. The van der Waals surface area contributed by atoms with E-state index in [2.05, 4.69) is 27.1 Å². The van der Waals surface area contributed by atoms with Gasteiger partial charge in [0.1, 0.15) is 12.2 Å². The Labute approximate surface area is 145 Å². The van der Waals surface area contributed by atoms with Crippen LogP contribution in [0, 0.1) is 5.92 Å². The first-order chi connectivity index (χ1) is 11.4. The Morgan fingerprint density at radius 3 is 2.67 bits per heavy atom. The molecule has 0 aromatic carbocycles. The zero-order chi connectivity index (χ0) is 17.3. The van der Waals surface area contributed by atoms with Gasteiger partial charge in [-0.25, -0.2) is 9.67 Å². The summed E-state index contributed by atoms with van der Waals surface area (Å²) in [5.41, 5.74) is 0.583. The molecule has 8 nitrogen and oxygen atoms in total. The second-order valence-corrected chi connectivity index (χ2v) is 6.73. The number of piperidine rings is 1. The highest BCUT2D eigenvalue weighted by molar-refractivity contribution is 6.32. The summed E-state index contributed by atoms with van der Waals surface area (Å²) >= 11 is 6.19. The molecule has 0 bridgehead atoms. The predicted molar refractivity (Wildman–Crippen MR) is 88.8 cm³/mol. The molecule has 1 N–H and O–H groups in total. The largest absolute Gasteiger partial charge is 0.480 e. The van der Waals surface area contributed by atoms with Gasteiger partial charge in [0.2, 0.25) is 0 Å². The van der Waals surface area contributed by atoms with Crippen LogP contribution < -0.4 is 0 Å². The van der Waals surface area contributed by atoms with E-state index in [0.717, 1.165) is 32.4 Å². The number of nitrogens with zero attached hydrogens (tertiary/aromatic N) is 6. The molecule has 130 valence electrons. The van der Waals surface area contributed by atoms with Gasteiger partial charge in [-0.3, -0.25) is 9.48 Å². The number of rotatable bonds is 5. The van der Waals surface area contributed by atoms with Gasteiger partial charge in [0.15, 0.2) is 11.6 Å². The van der Waals surface area contributed by atoms with E-state index < -0.39 is 5.97 Å². The van der Waals surface area contributed by atoms with Gasteiger partial charge >= 0.3 is 5.97 Å². The number of hydrogen-bond donors (Lipinski definition) is 1. The molecule has 0 amide bonds. The van der Waals surface area contributed by atoms with E-state index in [1.807, 2.05) is 0 Å². The Morgan fingerprint density at radius 2 is 2.08 bits per heavy atom. The van der Waals surface area contributed by atoms with Crippen molar-refractivity contribution in [3.05, 3.63) is 17.0 Å². The fourth-order valence-corrected chi connectivity index (χ4v) is 3.33. The normalized spacial score (nSPS) is 16.6. The van der Waals surface area contributed by atoms with Crippen molar-refractivity contribution in [3.8, 4) is 11.5 Å². The molecule has 1 fully saturated rings. The van der Waals surface area contributed by atoms with Crippen LogP contribution in [0.15, 0.2) is 6.20 Å². The summed E-state index contributed by atoms with van der Waals surface area (Å²) in [7, 11) is 3.87. The number of likely N-dealkylation sites (tertiary alicyclic amines) is 1. The summed E-state index contributed by atoms with van der Waals surface area (Å²) in [5.74, 6) is 0.672. The van der Waals surface area contributed by atoms with Crippen molar-refractivity contribution in [1.29, 1.82) is 0 Å². The van der Waals surface area contributed by atoms with E-state index in [1.54, 1.807) is 11.7 Å². The molecule has 0 saturated carbocycles. The van der Waals surface area contributed by atoms with E-state index in [4.69, 9.17) is 16.7 Å². The number of carbonyl (C=O) groups is 1. The van der Waals surface area contributed by atoms with Gasteiger partial charge in [-0.1, -0.05) is 11.6 Å². The van der Waals surface area contributed by atoms with Crippen LogP contribution in [0.4, 0.5) is 0 Å². The number of hydrogen-bond acceptors (Lipinski definition) is 5. The van der Waals surface area contributed by atoms with E-state index >= 15 is 0 Å². The van der Waals surface area contributed by atoms with Crippen LogP contribution in [-0.2, 0) is 24.8 Å². The first kappa shape index (κ1) is 16.9. The minimum Gasteiger partial charge on any atom is -0.480 e. The first-order valence-electron chi connectivity index (χ1n) is 7.96. The lowest BCUT2D eigenvalue weighted by atomic mass is 9.94. The van der Waals surface area contributed by atoms with Crippen LogP contribution in [0.25, 0.3) is 11.5 Å². The summed E-state index contributed by atoms with van der Waals surface area (Å²) in [6.07, 6.45) is 4.48. The van der Waals surface area contributed by atoms with Gasteiger partial charge in [-0.05, 0) is 38.9 Å². The maximum atomic E-state index is 11.1. The van der Waals surface area contributed by atoms with Gasteiger partial charge in [0.25, 0.3) is 0 Å². The monoisotopic (exact) mass is 352 g/mol. The van der Waals surface area contributed by atoms with Crippen LogP contribution in [0.1, 0.15) is 18.7 Å². The lowest BCUT2D eigenvalue weighted by molar-refractivity contribution is -0.137. The number of halogens is 1. The van der Waals surface area contributed by atoms with E-state index in [-0.39, 0.29) is 6.54 Å². The summed E-state index contributed by atoms with van der Waals surface area (Å²) in [4.78, 5) is 18.0. The quantitative estimate of drug-likeness (QED) is 0.872. The first-order valence-corrected chi connectivity index (χ1v) is 8.33. The lowest BCUT2D eigenvalue weighted by Crippen LogP contribution is -2.31. The Hall–Kier alpha value is -1.93. The molecule has 9 heteroatoms. The topological polar surface area (TPSA) is 89.1 Å².